The lowest BCUT2D eigenvalue weighted by Crippen LogP contribution is -2.49. The number of H-pyrrole nitrogens is 1. The molecule has 1 fully saturated rings. The van der Waals surface area contributed by atoms with E-state index in [0.717, 1.165) is 22.3 Å². The Morgan fingerprint density at radius 3 is 2.53 bits per heavy atom. The molecule has 2 aromatic carbocycles. The lowest BCUT2D eigenvalue weighted by Gasteiger charge is -2.35. The van der Waals surface area contributed by atoms with Crippen molar-refractivity contribution in [2.75, 3.05) is 37.7 Å². The Morgan fingerprint density at radius 2 is 1.79 bits per heavy atom. The Kier molecular flexibility index (Phi) is 7.51. The van der Waals surface area contributed by atoms with Crippen molar-refractivity contribution in [1.82, 2.24) is 20.2 Å². The molecule has 1 aliphatic heterocycles. The fourth-order valence-electron chi connectivity index (χ4n) is 3.80. The number of nitrogens with zero attached hydrogens (tertiary/aromatic N) is 3. The van der Waals surface area contributed by atoms with Crippen LogP contribution in [0, 0.1) is 5.92 Å². The highest BCUT2D eigenvalue weighted by molar-refractivity contribution is 5.89. The van der Waals surface area contributed by atoms with Gasteiger partial charge in [0.2, 0.25) is 0 Å². The van der Waals surface area contributed by atoms with Crippen LogP contribution in [-0.2, 0) is 22.6 Å². The summed E-state index contributed by atoms with van der Waals surface area (Å²) in [6.07, 6.45) is -0.746. The molecule has 1 aromatic heterocycles. The maximum absolute atomic E-state index is 12.2. The first kappa shape index (κ1) is 23.4. The van der Waals surface area contributed by atoms with Gasteiger partial charge >= 0.3 is 12.2 Å². The molecule has 4 rings (SSSR count). The summed E-state index contributed by atoms with van der Waals surface area (Å²) >= 11 is 0. The standard InChI is InChI=1S/C25H31N5O4/c1-18(2)16-34-25(32)30-13-11-29(12-14-30)21-10-6-9-20-23(21)28-22(27-20)15-26-24(31)33-17-19-7-4-3-5-8-19/h3-10,18H,11-17H2,1-2H3,(H,26,31)(H,27,28). The highest BCUT2D eigenvalue weighted by Crippen LogP contribution is 2.26. The largest absolute Gasteiger partial charge is 0.449 e. The highest BCUT2D eigenvalue weighted by Gasteiger charge is 2.24. The average Bonchev–Trinajstić information content (AvgIpc) is 3.29. The van der Waals surface area contributed by atoms with Crippen molar-refractivity contribution in [2.24, 2.45) is 5.92 Å². The van der Waals surface area contributed by atoms with Crippen molar-refractivity contribution in [3.63, 3.8) is 0 Å². The first-order chi connectivity index (χ1) is 16.5. The molecule has 180 valence electrons. The second kappa shape index (κ2) is 10.9. The fourth-order valence-corrected chi connectivity index (χ4v) is 3.80. The molecule has 2 heterocycles. The van der Waals surface area contributed by atoms with E-state index in [0.29, 0.717) is 44.5 Å². The summed E-state index contributed by atoms with van der Waals surface area (Å²) in [4.78, 5) is 36.2. The highest BCUT2D eigenvalue weighted by atomic mass is 16.6. The Bertz CT molecular complexity index is 1110. The van der Waals surface area contributed by atoms with E-state index in [4.69, 9.17) is 14.5 Å². The van der Waals surface area contributed by atoms with Gasteiger partial charge in [-0.25, -0.2) is 14.6 Å². The summed E-state index contributed by atoms with van der Waals surface area (Å²) in [6.45, 7) is 7.51. The molecule has 9 nitrogen and oxygen atoms in total. The smallest absolute Gasteiger partial charge is 0.409 e. The van der Waals surface area contributed by atoms with Crippen molar-refractivity contribution in [3.8, 4) is 0 Å². The van der Waals surface area contributed by atoms with Gasteiger partial charge in [0, 0.05) is 26.2 Å². The molecule has 34 heavy (non-hydrogen) atoms. The van der Waals surface area contributed by atoms with E-state index in [1.54, 1.807) is 4.90 Å². The number of piperazine rings is 1. The molecule has 1 aliphatic rings. The number of aromatic nitrogens is 2. The zero-order valence-corrected chi connectivity index (χ0v) is 19.6. The zero-order valence-electron chi connectivity index (χ0n) is 19.6. The SMILES string of the molecule is CC(C)COC(=O)N1CCN(c2cccc3[nH]c(CNC(=O)OCc4ccccc4)nc23)CC1. The van der Waals surface area contributed by atoms with E-state index in [1.807, 2.05) is 62.4 Å². The lowest BCUT2D eigenvalue weighted by atomic mass is 10.2. The molecule has 3 aromatic rings. The van der Waals surface area contributed by atoms with Crippen LogP contribution in [0.3, 0.4) is 0 Å². The second-order valence-electron chi connectivity index (χ2n) is 8.72. The van der Waals surface area contributed by atoms with Crippen LogP contribution >= 0.6 is 0 Å². The normalized spacial score (nSPS) is 13.9. The maximum Gasteiger partial charge on any atom is 0.409 e. The molecular formula is C25H31N5O4. The molecule has 2 amide bonds. The summed E-state index contributed by atoms with van der Waals surface area (Å²) in [5.74, 6) is 0.965. The zero-order chi connectivity index (χ0) is 23.9. The molecule has 0 saturated carbocycles. The van der Waals surface area contributed by atoms with Gasteiger partial charge < -0.3 is 29.6 Å². The number of benzene rings is 2. The number of carbonyl (C=O) groups is 2. The summed E-state index contributed by atoms with van der Waals surface area (Å²) < 4.78 is 10.6. The number of anilines is 1. The third kappa shape index (κ3) is 5.98. The molecule has 0 radical (unpaired) electrons. The van der Waals surface area contributed by atoms with E-state index in [-0.39, 0.29) is 19.2 Å². The van der Waals surface area contributed by atoms with Gasteiger partial charge in [0.05, 0.1) is 24.4 Å². The number of carbonyl (C=O) groups excluding carboxylic acids is 2. The molecule has 9 heteroatoms. The van der Waals surface area contributed by atoms with Gasteiger partial charge in [-0.1, -0.05) is 50.2 Å². The number of fused-ring (bicyclic) bond motifs is 1. The Morgan fingerprint density at radius 1 is 1.03 bits per heavy atom. The Hall–Kier alpha value is -3.75. The van der Waals surface area contributed by atoms with Crippen LogP contribution in [0.15, 0.2) is 48.5 Å². The molecule has 1 saturated heterocycles. The fraction of sp³-hybridized carbons (Fsp3) is 0.400. The topological polar surface area (TPSA) is 99.8 Å². The van der Waals surface area contributed by atoms with Crippen LogP contribution < -0.4 is 10.2 Å². The number of aromatic amines is 1. The molecule has 0 aliphatic carbocycles. The number of imidazole rings is 1. The molecule has 2 N–H and O–H groups in total. The number of hydrogen-bond donors (Lipinski definition) is 2. The van der Waals surface area contributed by atoms with Crippen LogP contribution in [0.1, 0.15) is 25.2 Å². The van der Waals surface area contributed by atoms with Crippen LogP contribution in [-0.4, -0.2) is 59.8 Å². The first-order valence-corrected chi connectivity index (χ1v) is 11.6. The average molecular weight is 466 g/mol. The molecule has 0 spiro atoms. The summed E-state index contributed by atoms with van der Waals surface area (Å²) in [6, 6.07) is 15.5. The van der Waals surface area contributed by atoms with Crippen LogP contribution in [0.5, 0.6) is 0 Å². The van der Waals surface area contributed by atoms with Crippen molar-refractivity contribution < 1.29 is 19.1 Å². The molecular weight excluding hydrogens is 434 g/mol. The first-order valence-electron chi connectivity index (χ1n) is 11.6. The van der Waals surface area contributed by atoms with E-state index < -0.39 is 6.09 Å². The number of ether oxygens (including phenoxy) is 2. The van der Waals surface area contributed by atoms with Crippen molar-refractivity contribution in [3.05, 3.63) is 59.9 Å². The van der Waals surface area contributed by atoms with Gasteiger partial charge in [0.1, 0.15) is 17.9 Å². The number of para-hydroxylation sites is 1. The Balaban J connectivity index is 1.32. The molecule has 0 atom stereocenters. The van der Waals surface area contributed by atoms with E-state index in [2.05, 4.69) is 15.2 Å². The van der Waals surface area contributed by atoms with Crippen LogP contribution in [0.4, 0.5) is 15.3 Å². The van der Waals surface area contributed by atoms with Gasteiger partial charge in [-0.3, -0.25) is 0 Å². The van der Waals surface area contributed by atoms with Crippen molar-refractivity contribution in [1.29, 1.82) is 0 Å². The minimum absolute atomic E-state index is 0.216. The van der Waals surface area contributed by atoms with Gasteiger partial charge in [-0.15, -0.1) is 0 Å². The van der Waals surface area contributed by atoms with Gasteiger partial charge in [0.15, 0.2) is 0 Å². The summed E-state index contributed by atoms with van der Waals surface area (Å²) in [7, 11) is 0. The number of alkyl carbamates (subject to hydrolysis) is 1. The van der Waals surface area contributed by atoms with Crippen LogP contribution in [0.25, 0.3) is 11.0 Å². The van der Waals surface area contributed by atoms with Crippen molar-refractivity contribution in [2.45, 2.75) is 27.0 Å². The quantitative estimate of drug-likeness (QED) is 0.549. The number of amides is 2. The summed E-state index contributed by atoms with van der Waals surface area (Å²) in [5, 5.41) is 2.74. The third-order valence-corrected chi connectivity index (χ3v) is 5.57. The Labute approximate surface area is 199 Å². The predicted molar refractivity (Wildman–Crippen MR) is 130 cm³/mol. The number of hydrogen-bond acceptors (Lipinski definition) is 6. The van der Waals surface area contributed by atoms with Gasteiger partial charge in [0.25, 0.3) is 0 Å². The third-order valence-electron chi connectivity index (χ3n) is 5.57. The minimum Gasteiger partial charge on any atom is -0.449 e. The lowest BCUT2D eigenvalue weighted by molar-refractivity contribution is 0.0901. The maximum atomic E-state index is 12.2. The number of nitrogens with one attached hydrogen (secondary N) is 2. The second-order valence-corrected chi connectivity index (χ2v) is 8.72. The van der Waals surface area contributed by atoms with E-state index in [1.165, 1.54) is 0 Å². The predicted octanol–water partition coefficient (Wildman–Crippen LogP) is 3.90. The number of rotatable bonds is 7. The van der Waals surface area contributed by atoms with Gasteiger partial charge in [-0.2, -0.15) is 0 Å². The summed E-state index contributed by atoms with van der Waals surface area (Å²) in [5.41, 5.74) is 3.67. The van der Waals surface area contributed by atoms with Crippen LogP contribution in [0.2, 0.25) is 0 Å². The van der Waals surface area contributed by atoms with E-state index >= 15 is 0 Å². The van der Waals surface area contributed by atoms with Gasteiger partial charge in [-0.05, 0) is 23.6 Å². The molecule has 0 unspecified atom stereocenters. The monoisotopic (exact) mass is 465 g/mol. The van der Waals surface area contributed by atoms with E-state index in [9.17, 15) is 9.59 Å². The minimum atomic E-state index is -0.495. The molecule has 0 bridgehead atoms. The van der Waals surface area contributed by atoms with Crippen molar-refractivity contribution >= 4 is 28.9 Å².